The van der Waals surface area contributed by atoms with E-state index in [4.69, 9.17) is 0 Å². The van der Waals surface area contributed by atoms with E-state index in [1.54, 1.807) is 5.12 Å². The average Bonchev–Trinajstić information content (AvgIpc) is 2.44. The summed E-state index contributed by atoms with van der Waals surface area (Å²) in [5, 5.41) is 14.3. The highest BCUT2D eigenvalue weighted by Gasteiger charge is 2.31. The Kier molecular flexibility index (Phi) is 2.19. The van der Waals surface area contributed by atoms with Crippen molar-refractivity contribution in [2.24, 2.45) is 0 Å². The van der Waals surface area contributed by atoms with Gasteiger partial charge in [0.15, 0.2) is 0 Å². The number of nitrogens with zero attached hydrogens (tertiary/aromatic N) is 2. The Morgan fingerprint density at radius 1 is 1.29 bits per heavy atom. The molecule has 1 aliphatic heterocycles. The predicted octanol–water partition coefficient (Wildman–Crippen LogP) is 1.50. The molecule has 1 fully saturated rings. The summed E-state index contributed by atoms with van der Waals surface area (Å²) in [6.07, 6.45) is 0. The second-order valence-electron chi connectivity index (χ2n) is 4.07. The molecule has 0 amide bonds. The number of hydrogen-bond donors (Lipinski definition) is 1. The molecule has 4 nitrogen and oxygen atoms in total. The smallest absolute Gasteiger partial charge is 0.0694 e. The van der Waals surface area contributed by atoms with Crippen LogP contribution in [0.1, 0.15) is 13.8 Å². The molecule has 1 aliphatic rings. The van der Waals surface area contributed by atoms with Crippen molar-refractivity contribution in [1.82, 2.24) is 10.6 Å². The number of anilines is 1. The lowest BCUT2D eigenvalue weighted by molar-refractivity contribution is 0.242. The minimum absolute atomic E-state index is 0.379. The second-order valence-corrected chi connectivity index (χ2v) is 4.07. The van der Waals surface area contributed by atoms with Gasteiger partial charge in [0.05, 0.1) is 5.69 Å². The maximum absolute atomic E-state index is 11.8. The SMILES string of the molecule is CC1(C)CNN(c2ccccc2)N1[O-]. The molecular weight excluding hydrogens is 178 g/mol. The summed E-state index contributed by atoms with van der Waals surface area (Å²) in [6.45, 7) is 4.48. The number of rotatable bonds is 1. The van der Waals surface area contributed by atoms with Crippen molar-refractivity contribution in [3.05, 3.63) is 35.5 Å². The van der Waals surface area contributed by atoms with E-state index >= 15 is 0 Å². The van der Waals surface area contributed by atoms with Crippen LogP contribution in [0, 0.1) is 5.21 Å². The van der Waals surface area contributed by atoms with Gasteiger partial charge in [-0.1, -0.05) is 18.2 Å². The molecule has 1 aromatic carbocycles. The van der Waals surface area contributed by atoms with Crippen LogP contribution in [0.2, 0.25) is 0 Å². The molecule has 0 saturated carbocycles. The molecule has 0 radical (unpaired) electrons. The van der Waals surface area contributed by atoms with Gasteiger partial charge >= 0.3 is 0 Å². The standard InChI is InChI=1S/C10H14N3O/c1-10(2)8-11-12(13(10)14)9-6-4-3-5-7-9/h3-7,11H,8H2,1-2H3/q-1. The molecule has 4 heteroatoms. The lowest BCUT2D eigenvalue weighted by Crippen LogP contribution is -2.44. The van der Waals surface area contributed by atoms with Gasteiger partial charge in [-0.2, -0.15) is 0 Å². The van der Waals surface area contributed by atoms with E-state index in [0.717, 1.165) is 10.9 Å². The zero-order valence-corrected chi connectivity index (χ0v) is 8.40. The summed E-state index contributed by atoms with van der Waals surface area (Å²) in [4.78, 5) is 0. The summed E-state index contributed by atoms with van der Waals surface area (Å²) in [5.41, 5.74) is 3.55. The van der Waals surface area contributed by atoms with Gasteiger partial charge in [-0.15, -0.1) is 0 Å². The van der Waals surface area contributed by atoms with Crippen LogP contribution in [-0.4, -0.2) is 17.3 Å². The molecule has 14 heavy (non-hydrogen) atoms. The van der Waals surface area contributed by atoms with Crippen molar-refractivity contribution < 1.29 is 0 Å². The van der Waals surface area contributed by atoms with Gasteiger partial charge in [-0.3, -0.25) is 10.3 Å². The molecule has 1 aromatic rings. The number of hydrazine groups is 2. The van der Waals surface area contributed by atoms with Crippen LogP contribution >= 0.6 is 0 Å². The lowest BCUT2D eigenvalue weighted by Gasteiger charge is -2.41. The van der Waals surface area contributed by atoms with Crippen molar-refractivity contribution >= 4 is 5.69 Å². The van der Waals surface area contributed by atoms with Crippen LogP contribution in [0.4, 0.5) is 5.69 Å². The summed E-state index contributed by atoms with van der Waals surface area (Å²) < 4.78 is 0. The van der Waals surface area contributed by atoms with Gasteiger partial charge in [0.2, 0.25) is 0 Å². The highest BCUT2D eigenvalue weighted by Crippen LogP contribution is 2.25. The Bertz CT molecular complexity index is 312. The van der Waals surface area contributed by atoms with Gasteiger partial charge in [0.25, 0.3) is 0 Å². The van der Waals surface area contributed by atoms with Crippen LogP contribution in [0.5, 0.6) is 0 Å². The van der Waals surface area contributed by atoms with E-state index in [2.05, 4.69) is 5.43 Å². The normalized spacial score (nSPS) is 21.5. The van der Waals surface area contributed by atoms with Crippen molar-refractivity contribution in [2.45, 2.75) is 19.4 Å². The minimum atomic E-state index is -0.379. The first-order valence-electron chi connectivity index (χ1n) is 4.67. The van der Waals surface area contributed by atoms with E-state index < -0.39 is 0 Å². The summed E-state index contributed by atoms with van der Waals surface area (Å²) in [5.74, 6) is 0. The average molecular weight is 192 g/mol. The molecule has 1 saturated heterocycles. The van der Waals surface area contributed by atoms with Crippen LogP contribution in [0.15, 0.2) is 30.3 Å². The number of hydroxylamine groups is 1. The molecule has 0 spiro atoms. The topological polar surface area (TPSA) is 41.6 Å². The highest BCUT2D eigenvalue weighted by atomic mass is 16.6. The molecule has 0 unspecified atom stereocenters. The first-order valence-corrected chi connectivity index (χ1v) is 4.67. The van der Waals surface area contributed by atoms with Crippen LogP contribution in [0.25, 0.3) is 0 Å². The van der Waals surface area contributed by atoms with Crippen molar-refractivity contribution in [2.75, 3.05) is 11.7 Å². The van der Waals surface area contributed by atoms with Gasteiger partial charge < -0.3 is 5.21 Å². The van der Waals surface area contributed by atoms with Crippen molar-refractivity contribution in [3.63, 3.8) is 0 Å². The molecule has 1 N–H and O–H groups in total. The molecule has 0 atom stereocenters. The third-order valence-electron chi connectivity index (χ3n) is 2.36. The van der Waals surface area contributed by atoms with Crippen molar-refractivity contribution in [1.29, 1.82) is 0 Å². The Labute approximate surface area is 83.6 Å². The Balaban J connectivity index is 2.23. The van der Waals surface area contributed by atoms with Gasteiger partial charge in [0.1, 0.15) is 0 Å². The zero-order chi connectivity index (χ0) is 10.2. The molecule has 0 aromatic heterocycles. The first-order chi connectivity index (χ1) is 6.61. The van der Waals surface area contributed by atoms with Crippen LogP contribution < -0.4 is 10.5 Å². The Hall–Kier alpha value is -1.10. The molecule has 0 aliphatic carbocycles. The van der Waals surface area contributed by atoms with Crippen LogP contribution in [0.3, 0.4) is 0 Å². The predicted molar refractivity (Wildman–Crippen MR) is 56.2 cm³/mol. The molecular formula is C10H14N3O-. The number of benzene rings is 1. The van der Waals surface area contributed by atoms with E-state index in [0.29, 0.717) is 6.54 Å². The fraction of sp³-hybridized carbons (Fsp3) is 0.400. The molecule has 0 bridgehead atoms. The number of para-hydroxylation sites is 1. The first kappa shape index (κ1) is 9.45. The zero-order valence-electron chi connectivity index (χ0n) is 8.40. The second kappa shape index (κ2) is 3.24. The van der Waals surface area contributed by atoms with Gasteiger partial charge in [-0.05, 0) is 26.0 Å². The monoisotopic (exact) mass is 192 g/mol. The quantitative estimate of drug-likeness (QED) is 0.732. The van der Waals surface area contributed by atoms with E-state index in [-0.39, 0.29) is 5.54 Å². The lowest BCUT2D eigenvalue weighted by atomic mass is 10.1. The molecule has 76 valence electrons. The maximum atomic E-state index is 11.8. The number of nitrogens with one attached hydrogen (secondary N) is 1. The summed E-state index contributed by atoms with van der Waals surface area (Å²) in [7, 11) is 0. The Morgan fingerprint density at radius 3 is 2.43 bits per heavy atom. The summed E-state index contributed by atoms with van der Waals surface area (Å²) >= 11 is 0. The third-order valence-corrected chi connectivity index (χ3v) is 2.36. The van der Waals surface area contributed by atoms with Crippen molar-refractivity contribution in [3.8, 4) is 0 Å². The fourth-order valence-electron chi connectivity index (χ4n) is 1.44. The van der Waals surface area contributed by atoms with Gasteiger partial charge in [-0.25, -0.2) is 5.43 Å². The van der Waals surface area contributed by atoms with E-state index in [9.17, 15) is 5.21 Å². The number of hydrogen-bond acceptors (Lipinski definition) is 4. The van der Waals surface area contributed by atoms with Gasteiger partial charge in [0, 0.05) is 12.1 Å². The van der Waals surface area contributed by atoms with E-state index in [1.807, 2.05) is 44.2 Å². The largest absolute Gasteiger partial charge is 0.766 e. The Morgan fingerprint density at radius 2 is 1.93 bits per heavy atom. The molecule has 2 rings (SSSR count). The van der Waals surface area contributed by atoms with E-state index in [1.165, 1.54) is 0 Å². The summed E-state index contributed by atoms with van der Waals surface area (Å²) in [6, 6.07) is 9.56. The van der Waals surface area contributed by atoms with Crippen LogP contribution in [-0.2, 0) is 0 Å². The highest BCUT2D eigenvalue weighted by molar-refractivity contribution is 5.45. The minimum Gasteiger partial charge on any atom is -0.766 e. The molecule has 1 heterocycles. The maximum Gasteiger partial charge on any atom is 0.0694 e. The fourth-order valence-corrected chi connectivity index (χ4v) is 1.44. The third kappa shape index (κ3) is 1.48.